The lowest BCUT2D eigenvalue weighted by molar-refractivity contribution is -0.150. The second kappa shape index (κ2) is 7.23. The summed E-state index contributed by atoms with van der Waals surface area (Å²) in [6, 6.07) is 0. The van der Waals surface area contributed by atoms with E-state index < -0.39 is 12.1 Å². The minimum Gasteiger partial charge on any atom is -0.467 e. The molecule has 0 rings (SSSR count). The van der Waals surface area contributed by atoms with E-state index >= 15 is 0 Å². The number of hydrogen-bond acceptors (Lipinski definition) is 4. The van der Waals surface area contributed by atoms with E-state index in [1.165, 1.54) is 7.11 Å². The Balaban J connectivity index is 3.75. The Labute approximate surface area is 89.8 Å². The lowest BCUT2D eigenvalue weighted by Crippen LogP contribution is -2.37. The SMILES string of the molecule is CCC(C)CC(=O)NCC(O)C(=O)OC. The number of aliphatic hydroxyl groups excluding tert-OH is 1. The number of rotatable bonds is 6. The Morgan fingerprint density at radius 2 is 2.07 bits per heavy atom. The molecule has 0 aromatic carbocycles. The number of ether oxygens (including phenoxy) is 1. The van der Waals surface area contributed by atoms with Crippen LogP contribution in [0, 0.1) is 5.92 Å². The van der Waals surface area contributed by atoms with E-state index in [9.17, 15) is 9.59 Å². The molecule has 0 bridgehead atoms. The summed E-state index contributed by atoms with van der Waals surface area (Å²) in [5.74, 6) is -0.591. The predicted octanol–water partition coefficient (Wildman–Crippen LogP) is 0.0727. The van der Waals surface area contributed by atoms with Crippen LogP contribution in [0.2, 0.25) is 0 Å². The van der Waals surface area contributed by atoms with Crippen LogP contribution in [-0.2, 0) is 14.3 Å². The van der Waals surface area contributed by atoms with E-state index in [-0.39, 0.29) is 12.5 Å². The van der Waals surface area contributed by atoms with Crippen molar-refractivity contribution in [3.63, 3.8) is 0 Å². The molecule has 0 fully saturated rings. The Morgan fingerprint density at radius 1 is 1.47 bits per heavy atom. The molecule has 2 unspecified atom stereocenters. The van der Waals surface area contributed by atoms with Crippen LogP contribution in [0.15, 0.2) is 0 Å². The number of amides is 1. The zero-order chi connectivity index (χ0) is 11.8. The highest BCUT2D eigenvalue weighted by Crippen LogP contribution is 2.05. The van der Waals surface area contributed by atoms with E-state index in [1.54, 1.807) is 0 Å². The van der Waals surface area contributed by atoms with Crippen molar-refractivity contribution in [1.29, 1.82) is 0 Å². The maximum absolute atomic E-state index is 11.3. The molecule has 1 amide bonds. The quantitative estimate of drug-likeness (QED) is 0.617. The van der Waals surface area contributed by atoms with Crippen molar-refractivity contribution in [2.24, 2.45) is 5.92 Å². The highest BCUT2D eigenvalue weighted by Gasteiger charge is 2.16. The zero-order valence-electron chi connectivity index (χ0n) is 9.45. The lowest BCUT2D eigenvalue weighted by atomic mass is 10.1. The summed E-state index contributed by atoms with van der Waals surface area (Å²) < 4.78 is 4.31. The number of carbonyl (C=O) groups excluding carboxylic acids is 2. The summed E-state index contributed by atoms with van der Waals surface area (Å²) in [7, 11) is 1.19. The first-order valence-electron chi connectivity index (χ1n) is 5.03. The second-order valence-corrected chi connectivity index (χ2v) is 3.56. The van der Waals surface area contributed by atoms with Gasteiger partial charge in [0, 0.05) is 6.42 Å². The smallest absolute Gasteiger partial charge is 0.336 e. The Bertz CT molecular complexity index is 217. The van der Waals surface area contributed by atoms with Gasteiger partial charge < -0.3 is 15.2 Å². The van der Waals surface area contributed by atoms with E-state index in [0.29, 0.717) is 12.3 Å². The number of carbonyl (C=O) groups is 2. The normalized spacial score (nSPS) is 14.1. The molecule has 15 heavy (non-hydrogen) atoms. The van der Waals surface area contributed by atoms with Gasteiger partial charge in [-0.15, -0.1) is 0 Å². The molecule has 0 heterocycles. The summed E-state index contributed by atoms with van der Waals surface area (Å²) in [5.41, 5.74) is 0. The van der Waals surface area contributed by atoms with Gasteiger partial charge in [0.2, 0.25) is 5.91 Å². The molecular formula is C10H19NO4. The third-order valence-electron chi connectivity index (χ3n) is 2.20. The van der Waals surface area contributed by atoms with Gasteiger partial charge in [-0.3, -0.25) is 4.79 Å². The molecule has 0 saturated carbocycles. The number of nitrogens with one attached hydrogen (secondary N) is 1. The third kappa shape index (κ3) is 6.06. The van der Waals surface area contributed by atoms with Gasteiger partial charge in [0.1, 0.15) is 0 Å². The molecule has 0 aliphatic heterocycles. The van der Waals surface area contributed by atoms with Crippen LogP contribution in [-0.4, -0.2) is 36.7 Å². The molecule has 2 atom stereocenters. The summed E-state index contributed by atoms with van der Waals surface area (Å²) in [5, 5.41) is 11.6. The average Bonchev–Trinajstić information content (AvgIpc) is 2.24. The van der Waals surface area contributed by atoms with Crippen LogP contribution >= 0.6 is 0 Å². The van der Waals surface area contributed by atoms with E-state index in [4.69, 9.17) is 5.11 Å². The van der Waals surface area contributed by atoms with Gasteiger partial charge in [0.15, 0.2) is 6.10 Å². The van der Waals surface area contributed by atoms with Gasteiger partial charge in [-0.05, 0) is 5.92 Å². The molecule has 0 aliphatic rings. The molecule has 5 heteroatoms. The van der Waals surface area contributed by atoms with Crippen LogP contribution in [0.25, 0.3) is 0 Å². The van der Waals surface area contributed by atoms with Crippen LogP contribution in [0.5, 0.6) is 0 Å². The van der Waals surface area contributed by atoms with Crippen LogP contribution in [0.4, 0.5) is 0 Å². The van der Waals surface area contributed by atoms with Gasteiger partial charge in [0.05, 0.1) is 13.7 Å². The van der Waals surface area contributed by atoms with Gasteiger partial charge in [-0.1, -0.05) is 20.3 Å². The predicted molar refractivity (Wildman–Crippen MR) is 55.1 cm³/mol. The molecule has 2 N–H and O–H groups in total. The monoisotopic (exact) mass is 217 g/mol. The summed E-state index contributed by atoms with van der Waals surface area (Å²) in [6.45, 7) is 3.87. The van der Waals surface area contributed by atoms with Crippen molar-refractivity contribution in [2.45, 2.75) is 32.8 Å². The highest BCUT2D eigenvalue weighted by atomic mass is 16.5. The number of methoxy groups -OCH3 is 1. The van der Waals surface area contributed by atoms with Crippen molar-refractivity contribution in [3.05, 3.63) is 0 Å². The Hall–Kier alpha value is -1.10. The van der Waals surface area contributed by atoms with Gasteiger partial charge >= 0.3 is 5.97 Å². The van der Waals surface area contributed by atoms with Gasteiger partial charge in [-0.2, -0.15) is 0 Å². The molecule has 0 aliphatic carbocycles. The molecule has 88 valence electrons. The summed E-state index contributed by atoms with van der Waals surface area (Å²) >= 11 is 0. The fourth-order valence-electron chi connectivity index (χ4n) is 0.963. The standard InChI is InChI=1S/C10H19NO4/c1-4-7(2)5-9(13)11-6-8(12)10(14)15-3/h7-8,12H,4-6H2,1-3H3,(H,11,13). The molecule has 0 radical (unpaired) electrons. The molecule has 0 saturated heterocycles. The molecule has 5 nitrogen and oxygen atoms in total. The zero-order valence-corrected chi connectivity index (χ0v) is 9.45. The topological polar surface area (TPSA) is 75.6 Å². The largest absolute Gasteiger partial charge is 0.467 e. The minimum atomic E-state index is -1.28. The lowest BCUT2D eigenvalue weighted by Gasteiger charge is -2.11. The van der Waals surface area contributed by atoms with Crippen molar-refractivity contribution in [3.8, 4) is 0 Å². The van der Waals surface area contributed by atoms with E-state index in [1.807, 2.05) is 13.8 Å². The first kappa shape index (κ1) is 13.9. The molecular weight excluding hydrogens is 198 g/mol. The Kier molecular flexibility index (Phi) is 6.70. The third-order valence-corrected chi connectivity index (χ3v) is 2.20. The van der Waals surface area contributed by atoms with Crippen LogP contribution < -0.4 is 5.32 Å². The van der Waals surface area contributed by atoms with Gasteiger partial charge in [0.25, 0.3) is 0 Å². The first-order chi connectivity index (χ1) is 7.01. The van der Waals surface area contributed by atoms with E-state index in [0.717, 1.165) is 6.42 Å². The number of hydrogen-bond donors (Lipinski definition) is 2. The van der Waals surface area contributed by atoms with Crippen molar-refractivity contribution >= 4 is 11.9 Å². The highest BCUT2D eigenvalue weighted by molar-refractivity contribution is 5.78. The summed E-state index contributed by atoms with van der Waals surface area (Å²) in [6.07, 6.45) is 0.0491. The average molecular weight is 217 g/mol. The fourth-order valence-corrected chi connectivity index (χ4v) is 0.963. The molecule has 0 spiro atoms. The van der Waals surface area contributed by atoms with Crippen LogP contribution in [0.1, 0.15) is 26.7 Å². The minimum absolute atomic E-state index is 0.0953. The second-order valence-electron chi connectivity index (χ2n) is 3.56. The maximum atomic E-state index is 11.3. The Morgan fingerprint density at radius 3 is 2.53 bits per heavy atom. The van der Waals surface area contributed by atoms with Crippen molar-refractivity contribution in [1.82, 2.24) is 5.32 Å². The molecule has 0 aromatic rings. The first-order valence-corrected chi connectivity index (χ1v) is 5.03. The van der Waals surface area contributed by atoms with E-state index in [2.05, 4.69) is 10.1 Å². The van der Waals surface area contributed by atoms with Crippen molar-refractivity contribution < 1.29 is 19.4 Å². The van der Waals surface area contributed by atoms with Crippen LogP contribution in [0.3, 0.4) is 0 Å². The summed E-state index contributed by atoms with van der Waals surface area (Å²) in [4.78, 5) is 22.0. The number of esters is 1. The number of aliphatic hydroxyl groups is 1. The van der Waals surface area contributed by atoms with Gasteiger partial charge in [-0.25, -0.2) is 4.79 Å². The molecule has 0 aromatic heterocycles. The maximum Gasteiger partial charge on any atom is 0.336 e. The fraction of sp³-hybridized carbons (Fsp3) is 0.800. The van der Waals surface area contributed by atoms with Crippen molar-refractivity contribution in [2.75, 3.05) is 13.7 Å².